The summed E-state index contributed by atoms with van der Waals surface area (Å²) in [4.78, 5) is -0.603. The predicted octanol–water partition coefficient (Wildman–Crippen LogP) is 4.80. The molecule has 3 rings (SSSR count). The lowest BCUT2D eigenvalue weighted by molar-refractivity contribution is 0.189. The van der Waals surface area contributed by atoms with E-state index >= 15 is 0 Å². The first kappa shape index (κ1) is 22.2. The van der Waals surface area contributed by atoms with E-state index in [4.69, 9.17) is 32.7 Å². The van der Waals surface area contributed by atoms with Gasteiger partial charge in [0.1, 0.15) is 17.3 Å². The molecule has 5 nitrogen and oxygen atoms in total. The lowest BCUT2D eigenvalue weighted by atomic mass is 10.2. The molecule has 1 saturated heterocycles. The van der Waals surface area contributed by atoms with Crippen LogP contribution in [0, 0.1) is 5.82 Å². The molecule has 0 radical (unpaired) electrons. The Labute approximate surface area is 175 Å². The number of rotatable bonds is 7. The van der Waals surface area contributed by atoms with Crippen LogP contribution in [-0.4, -0.2) is 33.4 Å². The van der Waals surface area contributed by atoms with Crippen LogP contribution in [0.15, 0.2) is 35.2 Å². The molecule has 11 heteroatoms. The van der Waals surface area contributed by atoms with Crippen molar-refractivity contribution in [2.45, 2.75) is 29.7 Å². The second kappa shape index (κ2) is 9.09. The molecule has 2 aromatic rings. The van der Waals surface area contributed by atoms with Gasteiger partial charge in [-0.25, -0.2) is 12.8 Å². The van der Waals surface area contributed by atoms with Crippen LogP contribution in [0.1, 0.15) is 12.0 Å². The largest absolute Gasteiger partial charge is 0.456 e. The highest BCUT2D eigenvalue weighted by Crippen LogP contribution is 2.38. The van der Waals surface area contributed by atoms with E-state index in [0.717, 1.165) is 24.3 Å². The first-order chi connectivity index (χ1) is 13.7. The number of halogens is 5. The first-order valence-corrected chi connectivity index (χ1v) is 10.8. The summed E-state index contributed by atoms with van der Waals surface area (Å²) in [6, 6.07) is 5.52. The summed E-state index contributed by atoms with van der Waals surface area (Å²) < 4.78 is 74.7. The highest BCUT2D eigenvalue weighted by molar-refractivity contribution is 7.91. The van der Waals surface area contributed by atoms with E-state index in [1.807, 2.05) is 0 Å². The zero-order valence-corrected chi connectivity index (χ0v) is 17.1. The number of alkyl halides is 2. The smallest absolute Gasteiger partial charge is 0.341 e. The van der Waals surface area contributed by atoms with Gasteiger partial charge >= 0.3 is 5.76 Å². The molecule has 0 amide bonds. The molecule has 0 saturated carbocycles. The maximum absolute atomic E-state index is 13.5. The van der Waals surface area contributed by atoms with Gasteiger partial charge in [0.05, 0.1) is 16.5 Å². The van der Waals surface area contributed by atoms with Crippen LogP contribution in [0.3, 0.4) is 0 Å². The monoisotopic (exact) mass is 469 g/mol. The molecule has 0 aliphatic carbocycles. The van der Waals surface area contributed by atoms with Crippen molar-refractivity contribution in [3.8, 4) is 11.5 Å². The zero-order valence-electron chi connectivity index (χ0n) is 14.8. The molecule has 0 aromatic heterocycles. The third-order valence-electron chi connectivity index (χ3n) is 4.27. The third kappa shape index (κ3) is 5.16. The lowest BCUT2D eigenvalue weighted by Crippen LogP contribution is -2.29. The minimum absolute atomic E-state index is 0.0180. The van der Waals surface area contributed by atoms with Gasteiger partial charge in [0.2, 0.25) is 9.84 Å². The van der Waals surface area contributed by atoms with Gasteiger partial charge in [-0.2, -0.15) is 8.78 Å². The Hall–Kier alpha value is -1.52. The molecule has 1 aliphatic heterocycles. The number of nitrogens with one attached hydrogen (secondary N) is 1. The van der Waals surface area contributed by atoms with Gasteiger partial charge in [-0.05, 0) is 30.7 Å². The fourth-order valence-electron chi connectivity index (χ4n) is 2.84. The number of hydrogen-bond acceptors (Lipinski definition) is 5. The number of hydrogen-bond donors (Lipinski definition) is 1. The topological polar surface area (TPSA) is 64.6 Å². The molecular formula is C18H16Cl2F3NO4S. The fourth-order valence-corrected chi connectivity index (χ4v) is 4.35. The molecule has 2 aromatic carbocycles. The van der Waals surface area contributed by atoms with Crippen molar-refractivity contribution < 1.29 is 31.1 Å². The summed E-state index contributed by atoms with van der Waals surface area (Å²) >= 11 is 12.1. The average Bonchev–Trinajstić information content (AvgIpc) is 3.14. The molecule has 1 fully saturated rings. The van der Waals surface area contributed by atoms with Crippen molar-refractivity contribution in [3.05, 3.63) is 51.8 Å². The summed E-state index contributed by atoms with van der Waals surface area (Å²) in [7, 11) is -4.90. The van der Waals surface area contributed by atoms with Gasteiger partial charge in [0.15, 0.2) is 0 Å². The van der Waals surface area contributed by atoms with Crippen LogP contribution in [0.2, 0.25) is 10.0 Å². The molecule has 0 spiro atoms. The molecule has 1 aliphatic rings. The Morgan fingerprint density at radius 1 is 1.24 bits per heavy atom. The Morgan fingerprint density at radius 2 is 2.00 bits per heavy atom. The van der Waals surface area contributed by atoms with Gasteiger partial charge < -0.3 is 14.8 Å². The molecule has 29 heavy (non-hydrogen) atoms. The number of benzene rings is 2. The van der Waals surface area contributed by atoms with E-state index in [2.05, 4.69) is 5.32 Å². The van der Waals surface area contributed by atoms with Crippen LogP contribution in [0.5, 0.6) is 11.5 Å². The maximum atomic E-state index is 13.5. The van der Waals surface area contributed by atoms with Crippen molar-refractivity contribution in [1.82, 2.24) is 5.32 Å². The molecule has 158 valence electrons. The van der Waals surface area contributed by atoms with Crippen LogP contribution < -0.4 is 10.1 Å². The second-order valence-corrected chi connectivity index (χ2v) is 9.01. The zero-order chi connectivity index (χ0) is 21.2. The molecule has 1 N–H and O–H groups in total. The van der Waals surface area contributed by atoms with Crippen molar-refractivity contribution in [2.24, 2.45) is 0 Å². The summed E-state index contributed by atoms with van der Waals surface area (Å²) in [6.45, 7) is 0.846. The standard InChI is InChI=1S/C18H16Cl2F3NO4S/c19-10-5-11(21)7-13(6-10)28-15-1-2-16(29(25,26)18(22)23)14(17(15)20)8-24-12-3-4-27-9-12/h1-2,5-7,12,18,24H,3-4,8-9H2. The predicted molar refractivity (Wildman–Crippen MR) is 102 cm³/mol. The van der Waals surface area contributed by atoms with Crippen LogP contribution in [0.4, 0.5) is 13.2 Å². The van der Waals surface area contributed by atoms with E-state index in [0.29, 0.717) is 19.6 Å². The van der Waals surface area contributed by atoms with Gasteiger partial charge in [0, 0.05) is 35.8 Å². The van der Waals surface area contributed by atoms with Crippen LogP contribution in [0.25, 0.3) is 0 Å². The maximum Gasteiger partial charge on any atom is 0.341 e. The van der Waals surface area contributed by atoms with Crippen LogP contribution >= 0.6 is 23.2 Å². The van der Waals surface area contributed by atoms with E-state index in [9.17, 15) is 21.6 Å². The quantitative estimate of drug-likeness (QED) is 0.630. The van der Waals surface area contributed by atoms with Crippen molar-refractivity contribution in [3.63, 3.8) is 0 Å². The highest BCUT2D eigenvalue weighted by atomic mass is 35.5. The average molecular weight is 470 g/mol. The summed E-state index contributed by atoms with van der Waals surface area (Å²) in [5.74, 6) is -4.27. The Bertz CT molecular complexity index is 979. The molecular weight excluding hydrogens is 454 g/mol. The Balaban J connectivity index is 1.99. The van der Waals surface area contributed by atoms with Crippen LogP contribution in [-0.2, 0) is 21.1 Å². The van der Waals surface area contributed by atoms with E-state index in [1.165, 1.54) is 6.07 Å². The summed E-state index contributed by atoms with van der Waals surface area (Å²) in [5, 5.41) is 2.94. The van der Waals surface area contributed by atoms with E-state index < -0.39 is 26.3 Å². The SMILES string of the molecule is O=S(=O)(c1ccc(Oc2cc(F)cc(Cl)c2)c(Cl)c1CNC1CCOC1)C(F)F. The Morgan fingerprint density at radius 3 is 2.62 bits per heavy atom. The highest BCUT2D eigenvalue weighted by Gasteiger charge is 2.31. The normalized spacial score (nSPS) is 17.1. The molecule has 1 atom stereocenters. The van der Waals surface area contributed by atoms with Gasteiger partial charge in [-0.1, -0.05) is 23.2 Å². The molecule has 0 bridgehead atoms. The van der Waals surface area contributed by atoms with Gasteiger partial charge in [0.25, 0.3) is 0 Å². The second-order valence-electron chi connectivity index (χ2n) is 6.31. The van der Waals surface area contributed by atoms with Gasteiger partial charge in [-0.15, -0.1) is 0 Å². The van der Waals surface area contributed by atoms with Crippen molar-refractivity contribution >= 4 is 33.0 Å². The summed E-state index contributed by atoms with van der Waals surface area (Å²) in [5.41, 5.74) is -0.0705. The Kier molecular flexibility index (Phi) is 6.95. The van der Waals surface area contributed by atoms with E-state index in [-0.39, 0.29) is 39.7 Å². The molecule has 1 unspecified atom stereocenters. The fraction of sp³-hybridized carbons (Fsp3) is 0.333. The minimum Gasteiger partial charge on any atom is -0.456 e. The number of ether oxygens (including phenoxy) is 2. The third-order valence-corrected chi connectivity index (χ3v) is 6.36. The minimum atomic E-state index is -4.90. The van der Waals surface area contributed by atoms with Crippen molar-refractivity contribution in [2.75, 3.05) is 13.2 Å². The molecule has 1 heterocycles. The lowest BCUT2D eigenvalue weighted by Gasteiger charge is -2.18. The summed E-state index contributed by atoms with van der Waals surface area (Å²) in [6.07, 6.45) is 0.687. The first-order valence-electron chi connectivity index (χ1n) is 8.47. The van der Waals surface area contributed by atoms with E-state index in [1.54, 1.807) is 0 Å². The number of sulfone groups is 1. The van der Waals surface area contributed by atoms with Crippen molar-refractivity contribution in [1.29, 1.82) is 0 Å². The van der Waals surface area contributed by atoms with Gasteiger partial charge in [-0.3, -0.25) is 0 Å².